The van der Waals surface area contributed by atoms with Crippen molar-refractivity contribution in [3.05, 3.63) is 59.3 Å². The summed E-state index contributed by atoms with van der Waals surface area (Å²) in [5.74, 6) is -8.05. The number of alkyl halides is 2. The van der Waals surface area contributed by atoms with Crippen LogP contribution in [-0.2, 0) is 16.1 Å². The molecule has 0 radical (unpaired) electrons. The highest BCUT2D eigenvalue weighted by Gasteiger charge is 2.36. The van der Waals surface area contributed by atoms with E-state index in [-0.39, 0.29) is 60.1 Å². The molecule has 3 aromatic rings. The highest BCUT2D eigenvalue weighted by molar-refractivity contribution is 6.40. The Labute approximate surface area is 184 Å². The molecular formula is C22H19F5N4O2. The Morgan fingerprint density at radius 1 is 1.03 bits per heavy atom. The highest BCUT2D eigenvalue weighted by Crippen LogP contribution is 2.40. The number of rotatable bonds is 4. The van der Waals surface area contributed by atoms with Crippen molar-refractivity contribution in [1.29, 1.82) is 0 Å². The molecule has 11 heteroatoms. The Kier molecular flexibility index (Phi) is 6.05. The van der Waals surface area contributed by atoms with E-state index in [1.165, 1.54) is 12.4 Å². The third kappa shape index (κ3) is 4.96. The maximum Gasteiger partial charge on any atom is 0.313 e. The topological polar surface area (TPSA) is 86.9 Å². The Bertz CT molecular complexity index is 1220. The number of H-pyrrole nitrogens is 1. The quantitative estimate of drug-likeness (QED) is 0.390. The van der Waals surface area contributed by atoms with Gasteiger partial charge in [0.2, 0.25) is 5.92 Å². The summed E-state index contributed by atoms with van der Waals surface area (Å²) in [7, 11) is 0. The van der Waals surface area contributed by atoms with Gasteiger partial charge in [-0.1, -0.05) is 0 Å². The summed E-state index contributed by atoms with van der Waals surface area (Å²) in [6.07, 6.45) is 2.25. The van der Waals surface area contributed by atoms with Crippen molar-refractivity contribution >= 4 is 28.4 Å². The number of amides is 2. The highest BCUT2D eigenvalue weighted by atomic mass is 19.3. The largest absolute Gasteiger partial charge is 0.359 e. The molecule has 4 rings (SSSR count). The third-order valence-electron chi connectivity index (χ3n) is 5.66. The molecule has 0 unspecified atom stereocenters. The smallest absolute Gasteiger partial charge is 0.313 e. The number of aromatic amines is 1. The lowest BCUT2D eigenvalue weighted by atomic mass is 9.84. The predicted octanol–water partition coefficient (Wildman–Crippen LogP) is 4.53. The number of carbonyl (C=O) groups excluding carboxylic acids is 2. The van der Waals surface area contributed by atoms with Crippen molar-refractivity contribution in [3.63, 3.8) is 0 Å². The normalized spacial score (nSPS) is 16.0. The second kappa shape index (κ2) is 8.80. The SMILES string of the molecule is O=C(NCc1cnc(C2CCC(F)(F)CC2)c(F)c1)C(=O)Nc1c[nH]c2cc(F)c(F)cc12. The van der Waals surface area contributed by atoms with Crippen molar-refractivity contribution in [3.8, 4) is 0 Å². The maximum absolute atomic E-state index is 14.5. The predicted molar refractivity (Wildman–Crippen MR) is 109 cm³/mol. The first-order valence-electron chi connectivity index (χ1n) is 10.2. The van der Waals surface area contributed by atoms with Gasteiger partial charge in [-0.25, -0.2) is 22.0 Å². The first-order chi connectivity index (χ1) is 15.6. The number of hydrogen-bond donors (Lipinski definition) is 3. The molecule has 2 heterocycles. The van der Waals surface area contributed by atoms with Crippen LogP contribution in [0.4, 0.5) is 27.6 Å². The van der Waals surface area contributed by atoms with E-state index < -0.39 is 41.1 Å². The molecular weight excluding hydrogens is 447 g/mol. The fourth-order valence-electron chi connectivity index (χ4n) is 3.86. The molecule has 1 aliphatic carbocycles. The van der Waals surface area contributed by atoms with Crippen LogP contribution in [0.25, 0.3) is 10.9 Å². The number of carbonyl (C=O) groups is 2. The van der Waals surface area contributed by atoms with E-state index in [0.717, 1.165) is 18.2 Å². The van der Waals surface area contributed by atoms with Crippen LogP contribution in [0.15, 0.2) is 30.6 Å². The van der Waals surface area contributed by atoms with E-state index in [1.807, 2.05) is 0 Å². The van der Waals surface area contributed by atoms with Gasteiger partial charge in [0.1, 0.15) is 5.82 Å². The molecule has 2 amide bonds. The Morgan fingerprint density at radius 2 is 1.73 bits per heavy atom. The van der Waals surface area contributed by atoms with Crippen LogP contribution >= 0.6 is 0 Å². The van der Waals surface area contributed by atoms with Crippen LogP contribution in [0.5, 0.6) is 0 Å². The molecule has 1 aliphatic rings. The van der Waals surface area contributed by atoms with Crippen LogP contribution in [0.3, 0.4) is 0 Å². The number of nitrogens with zero attached hydrogens (tertiary/aromatic N) is 1. The summed E-state index contributed by atoms with van der Waals surface area (Å²) in [6, 6.07) is 2.95. The van der Waals surface area contributed by atoms with Gasteiger partial charge >= 0.3 is 11.8 Å². The lowest BCUT2D eigenvalue weighted by Crippen LogP contribution is -2.35. The summed E-state index contributed by atoms with van der Waals surface area (Å²) < 4.78 is 67.9. The lowest BCUT2D eigenvalue weighted by molar-refractivity contribution is -0.136. The minimum absolute atomic E-state index is 0.0826. The van der Waals surface area contributed by atoms with Gasteiger partial charge in [-0.2, -0.15) is 0 Å². The molecule has 0 aliphatic heterocycles. The zero-order valence-electron chi connectivity index (χ0n) is 17.2. The zero-order valence-corrected chi connectivity index (χ0v) is 17.2. The average Bonchev–Trinajstić information content (AvgIpc) is 3.14. The molecule has 0 spiro atoms. The van der Waals surface area contributed by atoms with E-state index in [4.69, 9.17) is 0 Å². The number of pyridine rings is 1. The Balaban J connectivity index is 1.35. The molecule has 1 saturated carbocycles. The minimum atomic E-state index is -2.73. The molecule has 6 nitrogen and oxygen atoms in total. The van der Waals surface area contributed by atoms with E-state index in [0.29, 0.717) is 0 Å². The van der Waals surface area contributed by atoms with Crippen LogP contribution in [-0.4, -0.2) is 27.7 Å². The van der Waals surface area contributed by atoms with Crippen molar-refractivity contribution in [2.24, 2.45) is 0 Å². The fraction of sp³-hybridized carbons (Fsp3) is 0.318. The van der Waals surface area contributed by atoms with Gasteiger partial charge in [0.05, 0.1) is 16.9 Å². The van der Waals surface area contributed by atoms with Crippen LogP contribution in [0.1, 0.15) is 42.9 Å². The number of nitrogens with one attached hydrogen (secondary N) is 3. The summed E-state index contributed by atoms with van der Waals surface area (Å²) >= 11 is 0. The molecule has 0 atom stereocenters. The van der Waals surface area contributed by atoms with Gasteiger partial charge in [0, 0.05) is 49.2 Å². The summed E-state index contributed by atoms with van der Waals surface area (Å²) in [5, 5.41) is 4.79. The van der Waals surface area contributed by atoms with Crippen LogP contribution in [0.2, 0.25) is 0 Å². The standard InChI is InChI=1S/C22H19F5N4O2/c23-14-6-13-17(7-15(14)24)28-10-18(13)31-21(33)20(32)30-9-11-5-16(25)19(29-8-11)12-1-3-22(26,27)4-2-12/h5-8,10,12,28H,1-4,9H2,(H,30,32)(H,31,33). The molecule has 174 valence electrons. The first-order valence-corrected chi connectivity index (χ1v) is 10.2. The minimum Gasteiger partial charge on any atom is -0.359 e. The van der Waals surface area contributed by atoms with Crippen LogP contribution in [0, 0.1) is 17.5 Å². The maximum atomic E-state index is 14.5. The fourth-order valence-corrected chi connectivity index (χ4v) is 3.86. The molecule has 2 aromatic heterocycles. The lowest BCUT2D eigenvalue weighted by Gasteiger charge is -2.28. The Hall–Kier alpha value is -3.50. The van der Waals surface area contributed by atoms with E-state index in [1.54, 1.807) is 0 Å². The van der Waals surface area contributed by atoms with Crippen LogP contribution < -0.4 is 10.6 Å². The number of anilines is 1. The number of aromatic nitrogens is 2. The molecule has 1 fully saturated rings. The molecule has 0 bridgehead atoms. The number of hydrogen-bond acceptors (Lipinski definition) is 3. The summed E-state index contributed by atoms with van der Waals surface area (Å²) in [6.45, 7) is -0.201. The van der Waals surface area contributed by atoms with Gasteiger partial charge in [-0.3, -0.25) is 14.6 Å². The van der Waals surface area contributed by atoms with Gasteiger partial charge in [-0.05, 0) is 30.5 Å². The van der Waals surface area contributed by atoms with E-state index in [9.17, 15) is 31.5 Å². The molecule has 3 N–H and O–H groups in total. The number of benzene rings is 1. The van der Waals surface area contributed by atoms with Gasteiger partial charge in [0.15, 0.2) is 11.6 Å². The Morgan fingerprint density at radius 3 is 2.42 bits per heavy atom. The monoisotopic (exact) mass is 466 g/mol. The van der Waals surface area contributed by atoms with Crippen molar-refractivity contribution in [1.82, 2.24) is 15.3 Å². The van der Waals surface area contributed by atoms with Gasteiger partial charge in [0.25, 0.3) is 0 Å². The number of halogens is 5. The third-order valence-corrected chi connectivity index (χ3v) is 5.66. The van der Waals surface area contributed by atoms with E-state index >= 15 is 0 Å². The summed E-state index contributed by atoms with van der Waals surface area (Å²) in [4.78, 5) is 31.0. The average molecular weight is 466 g/mol. The molecule has 33 heavy (non-hydrogen) atoms. The van der Waals surface area contributed by atoms with Crippen molar-refractivity contribution in [2.45, 2.75) is 44.1 Å². The van der Waals surface area contributed by atoms with Crippen molar-refractivity contribution in [2.75, 3.05) is 5.32 Å². The molecule has 0 saturated heterocycles. The summed E-state index contributed by atoms with van der Waals surface area (Å²) in [5.41, 5.74) is 0.705. The van der Waals surface area contributed by atoms with E-state index in [2.05, 4.69) is 20.6 Å². The zero-order chi connectivity index (χ0) is 23.8. The second-order valence-electron chi connectivity index (χ2n) is 7.99. The van der Waals surface area contributed by atoms with Crippen molar-refractivity contribution < 1.29 is 31.5 Å². The second-order valence-corrected chi connectivity index (χ2v) is 7.99. The van der Waals surface area contributed by atoms with Gasteiger partial charge < -0.3 is 15.6 Å². The first kappa shape index (κ1) is 22.7. The van der Waals surface area contributed by atoms with Gasteiger partial charge in [-0.15, -0.1) is 0 Å². The number of fused-ring (bicyclic) bond motifs is 1. The molecule has 1 aromatic carbocycles.